The van der Waals surface area contributed by atoms with Crippen molar-refractivity contribution in [1.82, 2.24) is 13.8 Å². The van der Waals surface area contributed by atoms with Crippen molar-refractivity contribution in [3.05, 3.63) is 68.4 Å². The SMILES string of the molecule is O=C(c1ccc(-c2cc3c(cc2F)c(=O)c2c(=O)[nH]sc2n3C2CC2)cc1)N1CCOCC1. The Morgan fingerprint density at radius 2 is 1.82 bits per heavy atom. The van der Waals surface area contributed by atoms with Gasteiger partial charge in [0, 0.05) is 35.6 Å². The number of hydrogen-bond acceptors (Lipinski definition) is 5. The Bertz CT molecular complexity index is 1530. The number of aromatic amines is 1. The number of pyridine rings is 1. The summed E-state index contributed by atoms with van der Waals surface area (Å²) in [6.07, 6.45) is 1.90. The van der Waals surface area contributed by atoms with E-state index in [1.807, 2.05) is 4.57 Å². The Labute approximate surface area is 191 Å². The number of H-pyrrole nitrogens is 1. The average Bonchev–Trinajstić information content (AvgIpc) is 3.61. The molecule has 6 rings (SSSR count). The van der Waals surface area contributed by atoms with Gasteiger partial charge in [-0.3, -0.25) is 18.8 Å². The summed E-state index contributed by atoms with van der Waals surface area (Å²) in [5.74, 6) is -0.614. The van der Waals surface area contributed by atoms with E-state index in [-0.39, 0.29) is 22.7 Å². The van der Waals surface area contributed by atoms with Gasteiger partial charge in [-0.25, -0.2) is 4.39 Å². The van der Waals surface area contributed by atoms with Crippen LogP contribution in [0.4, 0.5) is 4.39 Å². The maximum Gasteiger partial charge on any atom is 0.271 e. The van der Waals surface area contributed by atoms with Crippen LogP contribution in [0.1, 0.15) is 29.2 Å². The van der Waals surface area contributed by atoms with Crippen molar-refractivity contribution in [3.63, 3.8) is 0 Å². The zero-order valence-corrected chi connectivity index (χ0v) is 18.4. The fourth-order valence-electron chi connectivity index (χ4n) is 4.51. The topological polar surface area (TPSA) is 84.4 Å². The molecular formula is C24H20FN3O4S. The first-order chi connectivity index (χ1) is 16.0. The second-order valence-electron chi connectivity index (χ2n) is 8.47. The summed E-state index contributed by atoms with van der Waals surface area (Å²) in [6, 6.07) is 9.96. The molecule has 168 valence electrons. The van der Waals surface area contributed by atoms with Crippen LogP contribution in [-0.4, -0.2) is 46.1 Å². The predicted octanol–water partition coefficient (Wildman–Crippen LogP) is 3.52. The number of rotatable bonds is 3. The molecule has 1 N–H and O–H groups in total. The molecule has 0 atom stereocenters. The van der Waals surface area contributed by atoms with Gasteiger partial charge in [-0.2, -0.15) is 0 Å². The molecule has 0 bridgehead atoms. The van der Waals surface area contributed by atoms with Gasteiger partial charge in [0.1, 0.15) is 16.0 Å². The molecule has 1 amide bonds. The lowest BCUT2D eigenvalue weighted by Crippen LogP contribution is -2.40. The Balaban J connectivity index is 1.46. The van der Waals surface area contributed by atoms with Gasteiger partial charge in [0.25, 0.3) is 11.5 Å². The van der Waals surface area contributed by atoms with Crippen molar-refractivity contribution >= 4 is 38.6 Å². The van der Waals surface area contributed by atoms with Crippen LogP contribution in [0.3, 0.4) is 0 Å². The average molecular weight is 466 g/mol. The minimum absolute atomic E-state index is 0.0730. The van der Waals surface area contributed by atoms with Crippen molar-refractivity contribution in [1.29, 1.82) is 0 Å². The summed E-state index contributed by atoms with van der Waals surface area (Å²) in [5.41, 5.74) is 1.25. The van der Waals surface area contributed by atoms with E-state index in [0.29, 0.717) is 53.3 Å². The van der Waals surface area contributed by atoms with Crippen LogP contribution < -0.4 is 11.0 Å². The number of aromatic nitrogens is 2. The molecule has 2 fully saturated rings. The summed E-state index contributed by atoms with van der Waals surface area (Å²) in [6.45, 7) is 2.16. The number of ether oxygens (including phenoxy) is 1. The zero-order chi connectivity index (χ0) is 22.7. The van der Waals surface area contributed by atoms with Crippen molar-refractivity contribution in [3.8, 4) is 11.1 Å². The number of carbonyl (C=O) groups is 1. The maximum absolute atomic E-state index is 15.2. The summed E-state index contributed by atoms with van der Waals surface area (Å²) in [7, 11) is 0. The zero-order valence-electron chi connectivity index (χ0n) is 17.6. The molecule has 1 aliphatic carbocycles. The van der Waals surface area contributed by atoms with E-state index in [1.54, 1.807) is 35.2 Å². The number of amides is 1. The first-order valence-corrected chi connectivity index (χ1v) is 11.7. The van der Waals surface area contributed by atoms with Gasteiger partial charge in [-0.05, 0) is 54.2 Å². The third-order valence-electron chi connectivity index (χ3n) is 6.37. The van der Waals surface area contributed by atoms with E-state index >= 15 is 4.39 Å². The highest BCUT2D eigenvalue weighted by molar-refractivity contribution is 7.12. The molecular weight excluding hydrogens is 445 g/mol. The van der Waals surface area contributed by atoms with Crippen molar-refractivity contribution in [2.45, 2.75) is 18.9 Å². The molecule has 4 aromatic rings. The standard InChI is InChI=1S/C24H20FN3O4S/c25-18-11-17-19(28(15-5-6-15)24-20(21(17)29)22(30)26-33-24)12-16(18)13-1-3-14(4-2-13)23(31)27-7-9-32-10-8-27/h1-4,11-12,15H,5-10H2,(H,26,30). The van der Waals surface area contributed by atoms with E-state index in [0.717, 1.165) is 24.4 Å². The smallest absolute Gasteiger partial charge is 0.271 e. The monoisotopic (exact) mass is 465 g/mol. The van der Waals surface area contributed by atoms with Crippen LogP contribution in [0.15, 0.2) is 46.0 Å². The highest BCUT2D eigenvalue weighted by Gasteiger charge is 2.29. The number of nitrogens with zero attached hydrogens (tertiary/aromatic N) is 2. The number of halogens is 1. The number of nitrogens with one attached hydrogen (secondary N) is 1. The highest BCUT2D eigenvalue weighted by atomic mass is 32.1. The van der Waals surface area contributed by atoms with E-state index in [4.69, 9.17) is 4.74 Å². The number of carbonyl (C=O) groups excluding carboxylic acids is 1. The number of benzene rings is 2. The van der Waals surface area contributed by atoms with Crippen LogP contribution in [0.2, 0.25) is 0 Å². The van der Waals surface area contributed by atoms with Gasteiger partial charge in [0.05, 0.1) is 18.7 Å². The molecule has 2 aromatic heterocycles. The molecule has 9 heteroatoms. The molecule has 0 spiro atoms. The first-order valence-electron chi connectivity index (χ1n) is 10.9. The molecule has 33 heavy (non-hydrogen) atoms. The highest BCUT2D eigenvalue weighted by Crippen LogP contribution is 2.40. The van der Waals surface area contributed by atoms with Gasteiger partial charge in [0.15, 0.2) is 0 Å². The summed E-state index contributed by atoms with van der Waals surface area (Å²) < 4.78 is 25.1. The van der Waals surface area contributed by atoms with Gasteiger partial charge in [-0.15, -0.1) is 0 Å². The molecule has 0 radical (unpaired) electrons. The van der Waals surface area contributed by atoms with Crippen LogP contribution in [0.25, 0.3) is 32.2 Å². The molecule has 0 unspecified atom stereocenters. The quantitative estimate of drug-likeness (QED) is 0.502. The van der Waals surface area contributed by atoms with Gasteiger partial charge < -0.3 is 14.2 Å². The second kappa shape index (κ2) is 7.64. The molecule has 3 heterocycles. The van der Waals surface area contributed by atoms with Crippen molar-refractivity contribution < 1.29 is 13.9 Å². The van der Waals surface area contributed by atoms with E-state index in [1.165, 1.54) is 6.07 Å². The van der Waals surface area contributed by atoms with Crippen LogP contribution in [-0.2, 0) is 4.74 Å². The van der Waals surface area contributed by atoms with E-state index < -0.39 is 16.8 Å². The van der Waals surface area contributed by atoms with Crippen LogP contribution in [0.5, 0.6) is 0 Å². The lowest BCUT2D eigenvalue weighted by molar-refractivity contribution is 0.0303. The molecule has 7 nitrogen and oxygen atoms in total. The third-order valence-corrected chi connectivity index (χ3v) is 7.25. The van der Waals surface area contributed by atoms with Gasteiger partial charge in [0.2, 0.25) is 5.43 Å². The first kappa shape index (κ1) is 20.3. The maximum atomic E-state index is 15.2. The fraction of sp³-hybridized carbons (Fsp3) is 0.292. The van der Waals surface area contributed by atoms with Gasteiger partial charge >= 0.3 is 0 Å². The normalized spacial score (nSPS) is 16.6. The summed E-state index contributed by atoms with van der Waals surface area (Å²) >= 11 is 1.14. The van der Waals surface area contributed by atoms with Crippen LogP contribution >= 0.6 is 11.5 Å². The summed E-state index contributed by atoms with van der Waals surface area (Å²) in [4.78, 5) is 40.3. The predicted molar refractivity (Wildman–Crippen MR) is 125 cm³/mol. The Kier molecular flexibility index (Phi) is 4.70. The third kappa shape index (κ3) is 3.30. The molecule has 1 aliphatic heterocycles. The lowest BCUT2D eigenvalue weighted by Gasteiger charge is -2.26. The lowest BCUT2D eigenvalue weighted by atomic mass is 10.0. The second-order valence-corrected chi connectivity index (χ2v) is 9.27. The van der Waals surface area contributed by atoms with Crippen molar-refractivity contribution in [2.24, 2.45) is 0 Å². The molecule has 2 aliphatic rings. The van der Waals surface area contributed by atoms with Crippen LogP contribution in [0, 0.1) is 5.82 Å². The van der Waals surface area contributed by atoms with Crippen molar-refractivity contribution in [2.75, 3.05) is 26.3 Å². The Morgan fingerprint density at radius 1 is 1.09 bits per heavy atom. The molecule has 1 saturated heterocycles. The number of fused-ring (bicyclic) bond motifs is 2. The largest absolute Gasteiger partial charge is 0.378 e. The molecule has 2 aromatic carbocycles. The Hall–Kier alpha value is -3.30. The van der Waals surface area contributed by atoms with E-state index in [2.05, 4.69) is 4.37 Å². The van der Waals surface area contributed by atoms with E-state index in [9.17, 15) is 14.4 Å². The molecule has 1 saturated carbocycles. The number of morpholine rings is 1. The Morgan fingerprint density at radius 3 is 2.52 bits per heavy atom. The fourth-order valence-corrected chi connectivity index (χ4v) is 5.43. The minimum atomic E-state index is -0.541. The van der Waals surface area contributed by atoms with Gasteiger partial charge in [-0.1, -0.05) is 12.1 Å². The number of hydrogen-bond donors (Lipinski definition) is 1. The minimum Gasteiger partial charge on any atom is -0.378 e. The summed E-state index contributed by atoms with van der Waals surface area (Å²) in [5, 5.41) is 0.302.